The van der Waals surface area contributed by atoms with Crippen molar-refractivity contribution in [1.82, 2.24) is 20.1 Å². The van der Waals surface area contributed by atoms with Crippen molar-refractivity contribution in [3.05, 3.63) is 97.7 Å². The van der Waals surface area contributed by atoms with Gasteiger partial charge in [-0.1, -0.05) is 42.1 Å². The van der Waals surface area contributed by atoms with E-state index in [0.29, 0.717) is 28.1 Å². The van der Waals surface area contributed by atoms with Gasteiger partial charge in [0.15, 0.2) is 11.0 Å². The van der Waals surface area contributed by atoms with Crippen molar-refractivity contribution in [3.63, 3.8) is 0 Å². The Balaban J connectivity index is 1.32. The van der Waals surface area contributed by atoms with E-state index >= 15 is 0 Å². The summed E-state index contributed by atoms with van der Waals surface area (Å²) >= 11 is 2.64. The first-order valence-electron chi connectivity index (χ1n) is 14.0. The maximum Gasteiger partial charge on any atom is 0.341 e. The number of nitrogens with one attached hydrogen (secondary N) is 2. The zero-order chi connectivity index (χ0) is 31.2. The van der Waals surface area contributed by atoms with E-state index in [9.17, 15) is 24.5 Å². The summed E-state index contributed by atoms with van der Waals surface area (Å²) in [6, 6.07) is 15.0. The monoisotopic (exact) mass is 634 g/mol. The summed E-state index contributed by atoms with van der Waals surface area (Å²) in [5.41, 5.74) is 2.55. The molecule has 5 rings (SSSR count). The summed E-state index contributed by atoms with van der Waals surface area (Å²) in [4.78, 5) is 50.4. The number of aromatic nitrogens is 3. The second-order valence-electron chi connectivity index (χ2n) is 9.99. The normalized spacial score (nSPS) is 12.8. The maximum absolute atomic E-state index is 13.4. The number of thioether (sulfide) groups is 1. The summed E-state index contributed by atoms with van der Waals surface area (Å²) in [6.07, 6.45) is 2.63. The number of carbonyl (C=O) groups is 3. The molecule has 2 aromatic carbocycles. The Morgan fingerprint density at radius 2 is 1.86 bits per heavy atom. The lowest BCUT2D eigenvalue weighted by molar-refractivity contribution is -0.384. The molecule has 1 atom stereocenters. The Morgan fingerprint density at radius 3 is 2.57 bits per heavy atom. The van der Waals surface area contributed by atoms with Crippen LogP contribution >= 0.6 is 23.1 Å². The molecule has 44 heavy (non-hydrogen) atoms. The second-order valence-corrected chi connectivity index (χ2v) is 12.4. The van der Waals surface area contributed by atoms with Gasteiger partial charge in [0.05, 0.1) is 35.4 Å². The number of amides is 2. The fraction of sp³-hybridized carbons (Fsp3) is 0.300. The number of rotatable bonds is 12. The third-order valence-electron chi connectivity index (χ3n) is 7.01. The number of carbonyl (C=O) groups excluding carboxylic acids is 3. The van der Waals surface area contributed by atoms with Crippen molar-refractivity contribution >= 4 is 51.6 Å². The number of hydrogen-bond acceptors (Lipinski definition) is 10. The first-order valence-corrected chi connectivity index (χ1v) is 15.7. The Hall–Kier alpha value is -4.56. The predicted octanol–water partition coefficient (Wildman–Crippen LogP) is 5.01. The van der Waals surface area contributed by atoms with E-state index in [0.717, 1.165) is 35.3 Å². The van der Waals surface area contributed by atoms with Gasteiger partial charge in [-0.3, -0.25) is 19.7 Å². The van der Waals surface area contributed by atoms with E-state index < -0.39 is 22.0 Å². The van der Waals surface area contributed by atoms with Crippen molar-refractivity contribution in [2.45, 2.75) is 56.6 Å². The molecule has 14 heteroatoms. The van der Waals surface area contributed by atoms with Crippen LogP contribution in [-0.4, -0.2) is 49.3 Å². The van der Waals surface area contributed by atoms with Crippen molar-refractivity contribution < 1.29 is 24.0 Å². The van der Waals surface area contributed by atoms with Crippen LogP contribution in [0.3, 0.4) is 0 Å². The van der Waals surface area contributed by atoms with Gasteiger partial charge in [-0.05, 0) is 56.4 Å². The van der Waals surface area contributed by atoms with Crippen LogP contribution in [0.15, 0.2) is 59.8 Å². The molecule has 0 spiro atoms. The van der Waals surface area contributed by atoms with E-state index in [2.05, 4.69) is 20.8 Å². The lowest BCUT2D eigenvalue weighted by Crippen LogP contribution is -2.25. The van der Waals surface area contributed by atoms with Crippen LogP contribution < -0.4 is 10.6 Å². The highest BCUT2D eigenvalue weighted by Gasteiger charge is 2.30. The summed E-state index contributed by atoms with van der Waals surface area (Å²) in [5.74, 6) is -0.664. The van der Waals surface area contributed by atoms with Crippen molar-refractivity contribution in [1.29, 1.82) is 0 Å². The number of esters is 1. The average Bonchev–Trinajstić information content (AvgIpc) is 3.71. The number of benzene rings is 2. The number of nitro benzene ring substituents is 1. The topological polar surface area (TPSA) is 158 Å². The maximum atomic E-state index is 13.4. The molecule has 0 saturated heterocycles. The number of ether oxygens (including phenoxy) is 1. The second kappa shape index (κ2) is 13.8. The molecule has 12 nitrogen and oxygen atoms in total. The first-order chi connectivity index (χ1) is 21.2. The third kappa shape index (κ3) is 6.97. The number of hydrogen-bond donors (Lipinski definition) is 2. The van der Waals surface area contributed by atoms with E-state index in [1.54, 1.807) is 13.8 Å². The third-order valence-corrected chi connectivity index (χ3v) is 9.30. The highest BCUT2D eigenvalue weighted by atomic mass is 32.2. The molecular weight excluding hydrogens is 605 g/mol. The van der Waals surface area contributed by atoms with Gasteiger partial charge in [0.2, 0.25) is 5.91 Å². The van der Waals surface area contributed by atoms with Crippen LogP contribution in [0, 0.1) is 10.1 Å². The van der Waals surface area contributed by atoms with Gasteiger partial charge in [0.1, 0.15) is 5.00 Å². The molecule has 0 aliphatic heterocycles. The zero-order valence-electron chi connectivity index (χ0n) is 24.1. The minimum absolute atomic E-state index is 0.0421. The molecule has 2 heterocycles. The lowest BCUT2D eigenvalue weighted by Gasteiger charge is -2.14. The fourth-order valence-corrected chi connectivity index (χ4v) is 6.94. The molecule has 0 radical (unpaired) electrons. The molecule has 1 aliphatic carbocycles. The van der Waals surface area contributed by atoms with Crippen LogP contribution in [0.1, 0.15) is 62.8 Å². The van der Waals surface area contributed by atoms with E-state index in [1.807, 2.05) is 34.9 Å². The lowest BCUT2D eigenvalue weighted by atomic mass is 10.1. The summed E-state index contributed by atoms with van der Waals surface area (Å²) in [5, 5.41) is 25.7. The first kappa shape index (κ1) is 30.9. The summed E-state index contributed by atoms with van der Waals surface area (Å²) < 4.78 is 7.12. The van der Waals surface area contributed by atoms with Crippen LogP contribution in [0.25, 0.3) is 0 Å². The number of thiophene rings is 1. The highest BCUT2D eigenvalue weighted by Crippen LogP contribution is 2.40. The van der Waals surface area contributed by atoms with Crippen molar-refractivity contribution in [3.8, 4) is 0 Å². The number of nitro groups is 1. The summed E-state index contributed by atoms with van der Waals surface area (Å²) in [7, 11) is 0. The number of aryl methyl sites for hydroxylation is 1. The largest absolute Gasteiger partial charge is 0.462 e. The Morgan fingerprint density at radius 1 is 1.11 bits per heavy atom. The van der Waals surface area contributed by atoms with E-state index in [-0.39, 0.29) is 30.3 Å². The zero-order valence-corrected chi connectivity index (χ0v) is 25.7. The van der Waals surface area contributed by atoms with Gasteiger partial charge in [-0.2, -0.15) is 0 Å². The van der Waals surface area contributed by atoms with Gasteiger partial charge in [0, 0.05) is 22.6 Å². The number of fused-ring (bicyclic) bond motifs is 1. The molecule has 228 valence electrons. The Bertz CT molecular complexity index is 1690. The van der Waals surface area contributed by atoms with Crippen LogP contribution in [-0.2, 0) is 35.5 Å². The predicted molar refractivity (Wildman–Crippen MR) is 166 cm³/mol. The summed E-state index contributed by atoms with van der Waals surface area (Å²) in [6.45, 7) is 4.19. The molecule has 0 fully saturated rings. The molecular formula is C30H30N6O6S2. The molecule has 1 unspecified atom stereocenters. The van der Waals surface area contributed by atoms with Crippen LogP contribution in [0.4, 0.5) is 10.7 Å². The van der Waals surface area contributed by atoms with Gasteiger partial charge < -0.3 is 19.9 Å². The molecule has 0 bridgehead atoms. The Kier molecular flexibility index (Phi) is 9.70. The fourth-order valence-electron chi connectivity index (χ4n) is 4.79. The quantitative estimate of drug-likeness (QED) is 0.0946. The van der Waals surface area contributed by atoms with Crippen LogP contribution in [0.5, 0.6) is 0 Å². The molecule has 2 amide bonds. The van der Waals surface area contributed by atoms with Gasteiger partial charge >= 0.3 is 5.97 Å². The van der Waals surface area contributed by atoms with Crippen molar-refractivity contribution in [2.75, 3.05) is 11.9 Å². The number of non-ortho nitro benzene ring substituents is 1. The minimum atomic E-state index is -0.594. The van der Waals surface area contributed by atoms with Crippen LogP contribution in [0.2, 0.25) is 0 Å². The average molecular weight is 635 g/mol. The molecule has 2 N–H and O–H groups in total. The number of nitrogens with zero attached hydrogens (tertiary/aromatic N) is 4. The molecule has 4 aromatic rings. The highest BCUT2D eigenvalue weighted by molar-refractivity contribution is 8.00. The van der Waals surface area contributed by atoms with Gasteiger partial charge in [-0.15, -0.1) is 21.5 Å². The van der Waals surface area contributed by atoms with Crippen molar-refractivity contribution in [2.24, 2.45) is 0 Å². The van der Waals surface area contributed by atoms with Gasteiger partial charge in [-0.25, -0.2) is 4.79 Å². The standard InChI is InChI=1S/C30H30N6O6S2/c1-3-42-29(39)25-22-10-7-11-23(22)44-28(25)32-26(37)18(2)43-30-34-33-24(35(30)17-19-8-5-4-6-9-19)16-31-27(38)20-12-14-21(15-13-20)36(40)41/h4-6,8-9,12-15,18H,3,7,10-11,16-17H2,1-2H3,(H,31,38)(H,32,37). The Labute approximate surface area is 261 Å². The smallest absolute Gasteiger partial charge is 0.341 e. The SMILES string of the molecule is CCOC(=O)c1c(NC(=O)C(C)Sc2nnc(CNC(=O)c3ccc([N+](=O)[O-])cc3)n2Cc2ccccc2)sc2c1CCC2. The van der Waals surface area contributed by atoms with E-state index in [1.165, 1.54) is 47.4 Å². The van der Waals surface area contributed by atoms with Gasteiger partial charge in [0.25, 0.3) is 11.6 Å². The molecule has 2 aromatic heterocycles. The minimum Gasteiger partial charge on any atom is -0.462 e. The number of anilines is 1. The molecule has 1 aliphatic rings. The molecule has 0 saturated carbocycles. The van der Waals surface area contributed by atoms with E-state index in [4.69, 9.17) is 4.74 Å².